The number of halogens is 1. The summed E-state index contributed by atoms with van der Waals surface area (Å²) >= 11 is 0. The Hall–Kier alpha value is -2.08. The molecule has 0 bridgehead atoms. The molecule has 18 heavy (non-hydrogen) atoms. The predicted molar refractivity (Wildman–Crippen MR) is 63.6 cm³/mol. The van der Waals surface area contributed by atoms with Gasteiger partial charge in [0.2, 0.25) is 0 Å². The molecule has 2 aromatic carbocycles. The highest BCUT2D eigenvalue weighted by Crippen LogP contribution is 2.25. The first-order valence-corrected chi connectivity index (χ1v) is 6.31. The first kappa shape index (κ1) is 12.4. The van der Waals surface area contributed by atoms with E-state index in [1.165, 1.54) is 18.2 Å². The predicted octanol–water partition coefficient (Wildman–Crippen LogP) is 3.07. The van der Waals surface area contributed by atoms with Crippen molar-refractivity contribution in [3.63, 3.8) is 0 Å². The number of ether oxygens (including phenoxy) is 1. The van der Waals surface area contributed by atoms with E-state index in [0.29, 0.717) is 11.5 Å². The maximum atomic E-state index is 12.3. The van der Waals surface area contributed by atoms with Gasteiger partial charge in [0, 0.05) is 6.07 Å². The lowest BCUT2D eigenvalue weighted by Gasteiger charge is -2.06. The Balaban J connectivity index is 2.18. The molecule has 0 amide bonds. The largest absolute Gasteiger partial charge is 0.488 e. The third-order valence-electron chi connectivity index (χ3n) is 1.98. The second kappa shape index (κ2) is 5.05. The standard InChI is InChI=1S/C12H9FO4S/c13-18(14,15)17-12-8-4-7-11(9-12)16-10-5-2-1-3-6-10/h1-9H. The molecular formula is C12H9FO4S. The highest BCUT2D eigenvalue weighted by molar-refractivity contribution is 7.81. The molecular weight excluding hydrogens is 259 g/mol. The van der Waals surface area contributed by atoms with Gasteiger partial charge < -0.3 is 8.92 Å². The molecule has 0 fully saturated rings. The molecule has 0 spiro atoms. The van der Waals surface area contributed by atoms with E-state index in [9.17, 15) is 12.3 Å². The van der Waals surface area contributed by atoms with Crippen molar-refractivity contribution < 1.29 is 21.2 Å². The van der Waals surface area contributed by atoms with Crippen molar-refractivity contribution in [1.82, 2.24) is 0 Å². The zero-order chi connectivity index (χ0) is 13.0. The SMILES string of the molecule is O=S(=O)(F)Oc1cccc(Oc2ccccc2)c1. The Morgan fingerprint density at radius 1 is 0.833 bits per heavy atom. The van der Waals surface area contributed by atoms with Crippen LogP contribution < -0.4 is 8.92 Å². The van der Waals surface area contributed by atoms with Crippen LogP contribution in [0.4, 0.5) is 3.89 Å². The van der Waals surface area contributed by atoms with Crippen LogP contribution in [0.25, 0.3) is 0 Å². The van der Waals surface area contributed by atoms with E-state index in [1.807, 2.05) is 6.07 Å². The molecule has 0 atom stereocenters. The number of benzene rings is 2. The van der Waals surface area contributed by atoms with Gasteiger partial charge in [0.25, 0.3) is 0 Å². The zero-order valence-electron chi connectivity index (χ0n) is 9.12. The fourth-order valence-corrected chi connectivity index (χ4v) is 1.66. The smallest absolute Gasteiger partial charge is 0.457 e. The van der Waals surface area contributed by atoms with Crippen LogP contribution in [0.15, 0.2) is 54.6 Å². The van der Waals surface area contributed by atoms with Crippen molar-refractivity contribution in [2.24, 2.45) is 0 Å². The molecule has 2 aromatic rings. The molecule has 0 radical (unpaired) electrons. The van der Waals surface area contributed by atoms with Crippen LogP contribution in [0.1, 0.15) is 0 Å². The van der Waals surface area contributed by atoms with Crippen molar-refractivity contribution >= 4 is 10.5 Å². The van der Waals surface area contributed by atoms with Crippen molar-refractivity contribution in [3.8, 4) is 17.2 Å². The van der Waals surface area contributed by atoms with Crippen LogP contribution in [0.5, 0.6) is 17.2 Å². The van der Waals surface area contributed by atoms with Gasteiger partial charge in [0.1, 0.15) is 17.2 Å². The molecule has 2 rings (SSSR count). The summed E-state index contributed by atoms with van der Waals surface area (Å²) in [5.74, 6) is 0.783. The summed E-state index contributed by atoms with van der Waals surface area (Å²) in [5, 5.41) is 0. The maximum Gasteiger partial charge on any atom is 0.488 e. The van der Waals surface area contributed by atoms with Crippen molar-refractivity contribution in [2.45, 2.75) is 0 Å². The van der Waals surface area contributed by atoms with Gasteiger partial charge in [-0.1, -0.05) is 28.2 Å². The summed E-state index contributed by atoms with van der Waals surface area (Å²) in [4.78, 5) is 0. The van der Waals surface area contributed by atoms with Crippen molar-refractivity contribution in [1.29, 1.82) is 0 Å². The summed E-state index contributed by atoms with van der Waals surface area (Å²) in [7, 11) is -5.02. The third-order valence-corrected chi connectivity index (χ3v) is 2.37. The van der Waals surface area contributed by atoms with Crippen LogP contribution >= 0.6 is 0 Å². The van der Waals surface area contributed by atoms with Crippen LogP contribution in [0.3, 0.4) is 0 Å². The van der Waals surface area contributed by atoms with Gasteiger partial charge in [0.05, 0.1) is 0 Å². The monoisotopic (exact) mass is 268 g/mol. The first-order chi connectivity index (χ1) is 8.53. The van der Waals surface area contributed by atoms with Gasteiger partial charge in [-0.15, -0.1) is 0 Å². The molecule has 0 aromatic heterocycles. The molecule has 0 unspecified atom stereocenters. The Morgan fingerprint density at radius 2 is 1.44 bits per heavy atom. The molecule has 94 valence electrons. The second-order valence-electron chi connectivity index (χ2n) is 3.37. The van der Waals surface area contributed by atoms with E-state index in [4.69, 9.17) is 4.74 Å². The van der Waals surface area contributed by atoms with Crippen LogP contribution in [-0.2, 0) is 10.5 Å². The van der Waals surface area contributed by atoms with Gasteiger partial charge >= 0.3 is 10.5 Å². The van der Waals surface area contributed by atoms with Gasteiger partial charge in [0.15, 0.2) is 0 Å². The number of para-hydroxylation sites is 1. The molecule has 0 aliphatic heterocycles. The molecule has 0 saturated carbocycles. The maximum absolute atomic E-state index is 12.3. The molecule has 0 aliphatic carbocycles. The average Bonchev–Trinajstić information content (AvgIpc) is 2.28. The lowest BCUT2D eigenvalue weighted by atomic mass is 10.3. The van der Waals surface area contributed by atoms with Crippen molar-refractivity contribution in [2.75, 3.05) is 0 Å². The molecule has 0 aliphatic rings. The molecule has 0 saturated heterocycles. The number of hydrogen-bond donors (Lipinski definition) is 0. The Bertz CT molecular complexity index is 626. The van der Waals surface area contributed by atoms with Gasteiger partial charge in [-0.05, 0) is 24.3 Å². The minimum absolute atomic E-state index is 0.147. The van der Waals surface area contributed by atoms with E-state index in [1.54, 1.807) is 30.3 Å². The minimum atomic E-state index is -5.02. The topological polar surface area (TPSA) is 52.6 Å². The normalized spacial score (nSPS) is 10.9. The molecule has 6 heteroatoms. The van der Waals surface area contributed by atoms with Gasteiger partial charge in [-0.2, -0.15) is 8.42 Å². The fraction of sp³-hybridized carbons (Fsp3) is 0. The highest BCUT2D eigenvalue weighted by atomic mass is 32.3. The van der Waals surface area contributed by atoms with Crippen LogP contribution in [0, 0.1) is 0 Å². The summed E-state index contributed by atoms with van der Waals surface area (Å²) in [6, 6.07) is 14.6. The number of hydrogen-bond acceptors (Lipinski definition) is 4. The Labute approximate surface area is 104 Å². The lowest BCUT2D eigenvalue weighted by molar-refractivity contribution is 0.436. The number of rotatable bonds is 4. The summed E-state index contributed by atoms with van der Waals surface area (Å²) in [6.07, 6.45) is 0. The van der Waals surface area contributed by atoms with Gasteiger partial charge in [-0.3, -0.25) is 0 Å². The van der Waals surface area contributed by atoms with E-state index in [0.717, 1.165) is 0 Å². The summed E-state index contributed by atoms with van der Waals surface area (Å²) in [5.41, 5.74) is 0. The minimum Gasteiger partial charge on any atom is -0.457 e. The quantitative estimate of drug-likeness (QED) is 0.800. The fourth-order valence-electron chi connectivity index (χ4n) is 1.33. The molecule has 4 nitrogen and oxygen atoms in total. The van der Waals surface area contributed by atoms with E-state index in [2.05, 4.69) is 4.18 Å². The Kier molecular flexibility index (Phi) is 3.47. The van der Waals surface area contributed by atoms with E-state index in [-0.39, 0.29) is 5.75 Å². The first-order valence-electron chi connectivity index (χ1n) is 5.00. The van der Waals surface area contributed by atoms with Gasteiger partial charge in [-0.25, -0.2) is 0 Å². The van der Waals surface area contributed by atoms with E-state index >= 15 is 0 Å². The van der Waals surface area contributed by atoms with Crippen LogP contribution in [0.2, 0.25) is 0 Å². The molecule has 0 N–H and O–H groups in total. The third kappa shape index (κ3) is 3.74. The summed E-state index contributed by atoms with van der Waals surface area (Å²) < 4.78 is 42.6. The Morgan fingerprint density at radius 3 is 2.11 bits per heavy atom. The summed E-state index contributed by atoms with van der Waals surface area (Å²) in [6.45, 7) is 0. The second-order valence-corrected chi connectivity index (χ2v) is 4.32. The van der Waals surface area contributed by atoms with Crippen LogP contribution in [-0.4, -0.2) is 8.42 Å². The molecule has 0 heterocycles. The lowest BCUT2D eigenvalue weighted by Crippen LogP contribution is -2.00. The van der Waals surface area contributed by atoms with E-state index < -0.39 is 10.5 Å². The zero-order valence-corrected chi connectivity index (χ0v) is 9.93. The van der Waals surface area contributed by atoms with Crippen molar-refractivity contribution in [3.05, 3.63) is 54.6 Å². The highest BCUT2D eigenvalue weighted by Gasteiger charge is 2.10. The average molecular weight is 268 g/mol.